The highest BCUT2D eigenvalue weighted by Gasteiger charge is 2.02. The van der Waals surface area contributed by atoms with Gasteiger partial charge in [-0.05, 0) is 23.8 Å². The number of hydrogen-bond acceptors (Lipinski definition) is 3. The molecule has 1 amide bonds. The quantitative estimate of drug-likeness (QED) is 0.627. The number of hydrogen-bond donors (Lipinski definition) is 0. The summed E-state index contributed by atoms with van der Waals surface area (Å²) in [6, 6.07) is 9.67. The number of carbonyl (C=O) groups is 1. The zero-order valence-electron chi connectivity index (χ0n) is 11.1. The molecule has 5 heteroatoms. The third-order valence-corrected chi connectivity index (χ3v) is 2.80. The maximum Gasteiger partial charge on any atom is 0.247 e. The lowest BCUT2D eigenvalue weighted by Crippen LogP contribution is -2.24. The molecule has 0 aliphatic heterocycles. The topological polar surface area (TPSA) is 61.9 Å². The molecule has 0 radical (unpaired) electrons. The van der Waals surface area contributed by atoms with Crippen molar-refractivity contribution in [3.8, 4) is 11.8 Å². The van der Waals surface area contributed by atoms with Crippen LogP contribution in [-0.4, -0.2) is 34.0 Å². The lowest BCUT2D eigenvalue weighted by Gasteiger charge is -2.09. The molecule has 5 nitrogen and oxygen atoms in total. The van der Waals surface area contributed by atoms with Crippen LogP contribution in [0, 0.1) is 11.3 Å². The second-order valence-corrected chi connectivity index (χ2v) is 4.25. The molecule has 20 heavy (non-hydrogen) atoms. The minimum atomic E-state index is -0.190. The van der Waals surface area contributed by atoms with E-state index in [2.05, 4.69) is 4.98 Å². The maximum absolute atomic E-state index is 11.6. The predicted molar refractivity (Wildman–Crippen MR) is 75.8 cm³/mol. The molecule has 0 unspecified atom stereocenters. The van der Waals surface area contributed by atoms with Crippen molar-refractivity contribution in [3.05, 3.63) is 54.6 Å². The normalized spacial score (nSPS) is 10.4. The van der Waals surface area contributed by atoms with Gasteiger partial charge in [0.2, 0.25) is 5.91 Å². The summed E-state index contributed by atoms with van der Waals surface area (Å²) in [5.41, 5.74) is 1.93. The summed E-state index contributed by atoms with van der Waals surface area (Å²) >= 11 is 0. The van der Waals surface area contributed by atoms with E-state index in [-0.39, 0.29) is 12.5 Å². The maximum atomic E-state index is 11.6. The first kappa shape index (κ1) is 13.6. The summed E-state index contributed by atoms with van der Waals surface area (Å²) in [4.78, 5) is 17.0. The summed E-state index contributed by atoms with van der Waals surface area (Å²) in [6.07, 6.45) is 8.51. The summed E-state index contributed by atoms with van der Waals surface area (Å²) in [7, 11) is 1.60. The average Bonchev–Trinajstić information content (AvgIpc) is 2.99. The Bertz CT molecular complexity index is 636. The molecule has 1 heterocycles. The van der Waals surface area contributed by atoms with E-state index in [1.807, 2.05) is 41.1 Å². The third kappa shape index (κ3) is 3.33. The first-order valence-corrected chi connectivity index (χ1v) is 6.09. The van der Waals surface area contributed by atoms with Crippen molar-refractivity contribution < 1.29 is 4.79 Å². The molecule has 0 spiro atoms. The number of rotatable bonds is 4. The number of amides is 1. The molecule has 2 aromatic rings. The predicted octanol–water partition coefficient (Wildman–Crippen LogP) is 1.87. The fourth-order valence-corrected chi connectivity index (χ4v) is 1.65. The fourth-order valence-electron chi connectivity index (χ4n) is 1.65. The van der Waals surface area contributed by atoms with Crippen LogP contribution in [0.3, 0.4) is 0 Å². The minimum absolute atomic E-state index is 0.0861. The standard InChI is InChI=1S/C15H14N4O/c1-18(10-8-16)15(20)7-4-13-2-5-14(6-3-13)19-11-9-17-12-19/h2-7,9,11-12H,10H2,1H3. The van der Waals surface area contributed by atoms with E-state index in [1.165, 1.54) is 11.0 Å². The van der Waals surface area contributed by atoms with Crippen molar-refractivity contribution >= 4 is 12.0 Å². The average molecular weight is 266 g/mol. The van der Waals surface area contributed by atoms with Gasteiger partial charge in [0.1, 0.15) is 6.54 Å². The highest BCUT2D eigenvalue weighted by molar-refractivity contribution is 5.91. The molecule has 100 valence electrons. The van der Waals surface area contributed by atoms with Crippen LogP contribution >= 0.6 is 0 Å². The Kier molecular flexibility index (Phi) is 4.30. The highest BCUT2D eigenvalue weighted by Crippen LogP contribution is 2.10. The Hall–Kier alpha value is -2.87. The van der Waals surface area contributed by atoms with Gasteiger partial charge in [0.25, 0.3) is 0 Å². The zero-order valence-corrected chi connectivity index (χ0v) is 11.1. The van der Waals surface area contributed by atoms with Gasteiger partial charge in [0.05, 0.1) is 12.4 Å². The van der Waals surface area contributed by atoms with Crippen LogP contribution in [0.2, 0.25) is 0 Å². The van der Waals surface area contributed by atoms with Gasteiger partial charge in [-0.25, -0.2) is 4.98 Å². The number of imidazole rings is 1. The number of carbonyl (C=O) groups excluding carboxylic acids is 1. The van der Waals surface area contributed by atoms with Crippen molar-refractivity contribution in [2.24, 2.45) is 0 Å². The van der Waals surface area contributed by atoms with Crippen LogP contribution in [-0.2, 0) is 4.79 Å². The van der Waals surface area contributed by atoms with E-state index in [0.717, 1.165) is 11.3 Å². The van der Waals surface area contributed by atoms with Gasteiger partial charge in [0, 0.05) is 31.2 Å². The molecule has 1 aromatic carbocycles. The molecular formula is C15H14N4O. The van der Waals surface area contributed by atoms with Gasteiger partial charge in [-0.1, -0.05) is 12.1 Å². The number of nitriles is 1. The third-order valence-electron chi connectivity index (χ3n) is 2.80. The van der Waals surface area contributed by atoms with Crippen molar-refractivity contribution in [2.45, 2.75) is 0 Å². The number of benzene rings is 1. The lowest BCUT2D eigenvalue weighted by molar-refractivity contribution is -0.124. The van der Waals surface area contributed by atoms with E-state index in [4.69, 9.17) is 5.26 Å². The number of aromatic nitrogens is 2. The van der Waals surface area contributed by atoms with Gasteiger partial charge in [0.15, 0.2) is 0 Å². The van der Waals surface area contributed by atoms with Crippen molar-refractivity contribution in [2.75, 3.05) is 13.6 Å². The summed E-state index contributed by atoms with van der Waals surface area (Å²) in [6.45, 7) is 0.0861. The molecule has 0 saturated carbocycles. The monoisotopic (exact) mass is 266 g/mol. The lowest BCUT2D eigenvalue weighted by atomic mass is 10.2. The molecule has 2 rings (SSSR count). The summed E-state index contributed by atoms with van der Waals surface area (Å²) in [5.74, 6) is -0.190. The van der Waals surface area contributed by atoms with E-state index in [1.54, 1.807) is 25.6 Å². The van der Waals surface area contributed by atoms with Gasteiger partial charge in [-0.2, -0.15) is 5.26 Å². The van der Waals surface area contributed by atoms with Crippen LogP contribution in [0.4, 0.5) is 0 Å². The van der Waals surface area contributed by atoms with Crippen molar-refractivity contribution in [3.63, 3.8) is 0 Å². The first-order chi connectivity index (χ1) is 9.70. The molecule has 0 bridgehead atoms. The zero-order chi connectivity index (χ0) is 14.4. The van der Waals surface area contributed by atoms with E-state index >= 15 is 0 Å². The second kappa shape index (κ2) is 6.34. The SMILES string of the molecule is CN(CC#N)C(=O)C=Cc1ccc(-n2ccnc2)cc1. The first-order valence-electron chi connectivity index (χ1n) is 6.09. The minimum Gasteiger partial charge on any atom is -0.329 e. The molecule has 0 aliphatic carbocycles. The molecule has 0 fully saturated rings. The largest absolute Gasteiger partial charge is 0.329 e. The Balaban J connectivity index is 2.04. The van der Waals surface area contributed by atoms with Gasteiger partial charge in [-0.3, -0.25) is 4.79 Å². The van der Waals surface area contributed by atoms with Crippen LogP contribution < -0.4 is 0 Å². The van der Waals surface area contributed by atoms with Crippen molar-refractivity contribution in [1.82, 2.24) is 14.5 Å². The molecule has 0 atom stereocenters. The van der Waals surface area contributed by atoms with Gasteiger partial charge in [-0.15, -0.1) is 0 Å². The summed E-state index contributed by atoms with van der Waals surface area (Å²) < 4.78 is 1.90. The van der Waals surface area contributed by atoms with E-state index in [9.17, 15) is 4.79 Å². The second-order valence-electron chi connectivity index (χ2n) is 4.25. The van der Waals surface area contributed by atoms with Crippen LogP contribution in [0.25, 0.3) is 11.8 Å². The van der Waals surface area contributed by atoms with Gasteiger partial charge >= 0.3 is 0 Å². The number of likely N-dealkylation sites (N-methyl/N-ethyl adjacent to an activating group) is 1. The molecule has 0 N–H and O–H groups in total. The van der Waals surface area contributed by atoms with E-state index < -0.39 is 0 Å². The van der Waals surface area contributed by atoms with Crippen LogP contribution in [0.15, 0.2) is 49.1 Å². The Labute approximate surface area is 117 Å². The molecule has 0 saturated heterocycles. The molecule has 0 aliphatic rings. The van der Waals surface area contributed by atoms with E-state index in [0.29, 0.717) is 0 Å². The van der Waals surface area contributed by atoms with Gasteiger partial charge < -0.3 is 9.47 Å². The number of nitrogens with zero attached hydrogens (tertiary/aromatic N) is 4. The highest BCUT2D eigenvalue weighted by atomic mass is 16.2. The fraction of sp³-hybridized carbons (Fsp3) is 0.133. The molecular weight excluding hydrogens is 252 g/mol. The molecule has 1 aromatic heterocycles. The summed E-state index contributed by atoms with van der Waals surface area (Å²) in [5, 5.41) is 8.52. The van der Waals surface area contributed by atoms with Crippen LogP contribution in [0.5, 0.6) is 0 Å². The Morgan fingerprint density at radius 1 is 1.45 bits per heavy atom. The van der Waals surface area contributed by atoms with Crippen LogP contribution in [0.1, 0.15) is 5.56 Å². The Morgan fingerprint density at radius 2 is 2.20 bits per heavy atom. The Morgan fingerprint density at radius 3 is 2.80 bits per heavy atom. The smallest absolute Gasteiger partial charge is 0.247 e. The van der Waals surface area contributed by atoms with Crippen molar-refractivity contribution in [1.29, 1.82) is 5.26 Å².